The molecule has 27 heavy (non-hydrogen) atoms. The molecule has 2 heterocycles. The Kier molecular flexibility index (Phi) is 5.80. The van der Waals surface area contributed by atoms with Crippen molar-refractivity contribution in [1.82, 2.24) is 24.5 Å². The summed E-state index contributed by atoms with van der Waals surface area (Å²) in [5.41, 5.74) is 1.41. The van der Waals surface area contributed by atoms with E-state index in [2.05, 4.69) is 15.3 Å². The maximum absolute atomic E-state index is 12.4. The molecule has 0 spiro atoms. The summed E-state index contributed by atoms with van der Waals surface area (Å²) in [4.78, 5) is 12.4. The van der Waals surface area contributed by atoms with E-state index in [1.807, 2.05) is 24.7 Å². The molecular weight excluding hydrogens is 366 g/mol. The van der Waals surface area contributed by atoms with Crippen LogP contribution in [0.25, 0.3) is 11.4 Å². The number of methoxy groups -OCH3 is 2. The van der Waals surface area contributed by atoms with Gasteiger partial charge in [-0.05, 0) is 31.2 Å². The van der Waals surface area contributed by atoms with E-state index in [4.69, 9.17) is 9.47 Å². The molecule has 142 valence electrons. The molecule has 0 aliphatic rings. The van der Waals surface area contributed by atoms with E-state index >= 15 is 0 Å². The van der Waals surface area contributed by atoms with Crippen LogP contribution in [-0.4, -0.2) is 50.3 Å². The first-order valence-corrected chi connectivity index (χ1v) is 9.37. The third kappa shape index (κ3) is 3.97. The first-order chi connectivity index (χ1) is 13.1. The van der Waals surface area contributed by atoms with Gasteiger partial charge in [0, 0.05) is 25.4 Å². The number of hydrogen-bond acceptors (Lipinski definition) is 7. The third-order valence-corrected chi connectivity index (χ3v) is 4.97. The number of Topliss-reactive ketones (excluding diaryl/α,β-unsaturated/α-hetero) is 1. The summed E-state index contributed by atoms with van der Waals surface area (Å²) in [7, 11) is 4.99. The zero-order valence-electron chi connectivity index (χ0n) is 15.7. The highest BCUT2D eigenvalue weighted by molar-refractivity contribution is 7.99. The van der Waals surface area contributed by atoms with Crippen LogP contribution in [0.2, 0.25) is 0 Å². The number of nitrogens with zero attached hydrogens (tertiary/aromatic N) is 5. The van der Waals surface area contributed by atoms with E-state index in [0.29, 0.717) is 29.0 Å². The molecule has 0 fully saturated rings. The van der Waals surface area contributed by atoms with Crippen molar-refractivity contribution in [3.05, 3.63) is 36.0 Å². The molecule has 0 saturated carbocycles. The number of hydrogen-bond donors (Lipinski definition) is 0. The highest BCUT2D eigenvalue weighted by atomic mass is 32.2. The largest absolute Gasteiger partial charge is 0.497 e. The van der Waals surface area contributed by atoms with Crippen molar-refractivity contribution in [2.24, 2.45) is 7.05 Å². The van der Waals surface area contributed by atoms with E-state index in [1.165, 1.54) is 11.8 Å². The number of aryl methyl sites for hydroxylation is 1. The summed E-state index contributed by atoms with van der Waals surface area (Å²) >= 11 is 1.36. The Bertz CT molecular complexity index is 933. The SMILES string of the molecule is CCn1c(SCC(=O)c2ccc(OC)cc2)nnc1-c1cn(C)nc1OC. The molecule has 0 aliphatic heterocycles. The summed E-state index contributed by atoms with van der Waals surface area (Å²) in [5, 5.41) is 13.5. The Morgan fingerprint density at radius 1 is 1.15 bits per heavy atom. The lowest BCUT2D eigenvalue weighted by atomic mass is 10.1. The average molecular weight is 387 g/mol. The summed E-state index contributed by atoms with van der Waals surface area (Å²) < 4.78 is 14.1. The fourth-order valence-corrected chi connectivity index (χ4v) is 3.54. The zero-order chi connectivity index (χ0) is 19.4. The second kappa shape index (κ2) is 8.26. The number of aromatic nitrogens is 5. The lowest BCUT2D eigenvalue weighted by molar-refractivity contribution is 0.102. The highest BCUT2D eigenvalue weighted by Crippen LogP contribution is 2.30. The van der Waals surface area contributed by atoms with Gasteiger partial charge in [0.2, 0.25) is 5.88 Å². The molecule has 0 saturated heterocycles. The number of thioether (sulfide) groups is 1. The Morgan fingerprint density at radius 3 is 2.52 bits per heavy atom. The monoisotopic (exact) mass is 387 g/mol. The van der Waals surface area contributed by atoms with Crippen molar-refractivity contribution in [3.8, 4) is 23.0 Å². The van der Waals surface area contributed by atoms with Gasteiger partial charge in [-0.1, -0.05) is 11.8 Å². The molecular formula is C18H21N5O3S. The van der Waals surface area contributed by atoms with Crippen LogP contribution in [0, 0.1) is 0 Å². The predicted molar refractivity (Wildman–Crippen MR) is 102 cm³/mol. The van der Waals surface area contributed by atoms with Gasteiger partial charge in [0.25, 0.3) is 0 Å². The van der Waals surface area contributed by atoms with Crippen LogP contribution < -0.4 is 9.47 Å². The minimum Gasteiger partial charge on any atom is -0.497 e. The van der Waals surface area contributed by atoms with Crippen LogP contribution in [0.4, 0.5) is 0 Å². The fourth-order valence-electron chi connectivity index (χ4n) is 2.64. The van der Waals surface area contributed by atoms with E-state index in [1.54, 1.807) is 43.2 Å². The van der Waals surface area contributed by atoms with E-state index in [-0.39, 0.29) is 11.5 Å². The second-order valence-electron chi connectivity index (χ2n) is 5.72. The summed E-state index contributed by atoms with van der Waals surface area (Å²) in [5.74, 6) is 2.18. The minimum absolute atomic E-state index is 0.0221. The number of ether oxygens (including phenoxy) is 2. The zero-order valence-corrected chi connectivity index (χ0v) is 16.5. The standard InChI is InChI=1S/C18H21N5O3S/c1-5-23-16(14-10-22(2)21-17(14)26-4)19-20-18(23)27-11-15(24)12-6-8-13(25-3)9-7-12/h6-10H,5,11H2,1-4H3. The molecule has 3 rings (SSSR count). The molecule has 0 N–H and O–H groups in total. The Morgan fingerprint density at radius 2 is 1.89 bits per heavy atom. The van der Waals surface area contributed by atoms with Gasteiger partial charge in [0.05, 0.1) is 20.0 Å². The van der Waals surface area contributed by atoms with Crippen molar-refractivity contribution in [3.63, 3.8) is 0 Å². The molecule has 0 atom stereocenters. The minimum atomic E-state index is 0.0221. The lowest BCUT2D eigenvalue weighted by Gasteiger charge is -2.07. The molecule has 0 radical (unpaired) electrons. The molecule has 9 heteroatoms. The first kappa shape index (κ1) is 19.0. The van der Waals surface area contributed by atoms with Gasteiger partial charge in [0.15, 0.2) is 16.8 Å². The van der Waals surface area contributed by atoms with Crippen LogP contribution in [-0.2, 0) is 13.6 Å². The Hall–Kier alpha value is -2.81. The van der Waals surface area contributed by atoms with Gasteiger partial charge in [-0.15, -0.1) is 15.3 Å². The van der Waals surface area contributed by atoms with Crippen LogP contribution in [0.5, 0.6) is 11.6 Å². The van der Waals surface area contributed by atoms with Crippen LogP contribution in [0.15, 0.2) is 35.6 Å². The van der Waals surface area contributed by atoms with E-state index in [9.17, 15) is 4.79 Å². The maximum Gasteiger partial charge on any atom is 0.243 e. The summed E-state index contributed by atoms with van der Waals surface area (Å²) in [6, 6.07) is 7.08. The summed E-state index contributed by atoms with van der Waals surface area (Å²) in [6.45, 7) is 2.67. The Labute approximate surface area is 161 Å². The number of carbonyl (C=O) groups is 1. The van der Waals surface area contributed by atoms with Crippen LogP contribution >= 0.6 is 11.8 Å². The third-order valence-electron chi connectivity index (χ3n) is 4.01. The van der Waals surface area contributed by atoms with Crippen molar-refractivity contribution in [2.75, 3.05) is 20.0 Å². The summed E-state index contributed by atoms with van der Waals surface area (Å²) in [6.07, 6.45) is 1.84. The highest BCUT2D eigenvalue weighted by Gasteiger charge is 2.20. The number of ketones is 1. The molecule has 0 bridgehead atoms. The van der Waals surface area contributed by atoms with Crippen molar-refractivity contribution >= 4 is 17.5 Å². The van der Waals surface area contributed by atoms with Crippen molar-refractivity contribution in [1.29, 1.82) is 0 Å². The topological polar surface area (TPSA) is 84.1 Å². The first-order valence-electron chi connectivity index (χ1n) is 8.38. The number of rotatable bonds is 8. The maximum atomic E-state index is 12.4. The molecule has 1 aromatic carbocycles. The molecule has 3 aromatic rings. The van der Waals surface area contributed by atoms with Gasteiger partial charge >= 0.3 is 0 Å². The quantitative estimate of drug-likeness (QED) is 0.434. The molecule has 0 aliphatic carbocycles. The predicted octanol–water partition coefficient (Wildman–Crippen LogP) is 2.69. The van der Waals surface area contributed by atoms with Crippen LogP contribution in [0.3, 0.4) is 0 Å². The number of carbonyl (C=O) groups excluding carboxylic acids is 1. The van der Waals surface area contributed by atoms with E-state index in [0.717, 1.165) is 11.3 Å². The van der Waals surface area contributed by atoms with Crippen molar-refractivity contribution < 1.29 is 14.3 Å². The molecule has 0 amide bonds. The Balaban J connectivity index is 1.77. The normalized spacial score (nSPS) is 10.8. The van der Waals surface area contributed by atoms with Crippen molar-refractivity contribution in [2.45, 2.75) is 18.6 Å². The second-order valence-corrected chi connectivity index (χ2v) is 6.66. The van der Waals surface area contributed by atoms with E-state index < -0.39 is 0 Å². The average Bonchev–Trinajstić information content (AvgIpc) is 3.28. The van der Waals surface area contributed by atoms with Gasteiger partial charge < -0.3 is 14.0 Å². The van der Waals surface area contributed by atoms with Crippen LogP contribution in [0.1, 0.15) is 17.3 Å². The van der Waals surface area contributed by atoms with Gasteiger partial charge in [-0.3, -0.25) is 9.48 Å². The molecule has 2 aromatic heterocycles. The number of benzene rings is 1. The van der Waals surface area contributed by atoms with Gasteiger partial charge in [0.1, 0.15) is 11.3 Å². The van der Waals surface area contributed by atoms with Gasteiger partial charge in [-0.2, -0.15) is 0 Å². The van der Waals surface area contributed by atoms with Gasteiger partial charge in [-0.25, -0.2) is 0 Å². The molecule has 0 unspecified atom stereocenters. The smallest absolute Gasteiger partial charge is 0.243 e. The lowest BCUT2D eigenvalue weighted by Crippen LogP contribution is -2.05. The fraction of sp³-hybridized carbons (Fsp3) is 0.333. The molecule has 8 nitrogen and oxygen atoms in total.